The van der Waals surface area contributed by atoms with Gasteiger partial charge >= 0.3 is 12.2 Å². The van der Waals surface area contributed by atoms with Gasteiger partial charge in [-0.3, -0.25) is 34.1 Å². The molecule has 3 aromatic rings. The zero-order valence-corrected chi connectivity index (χ0v) is 52.4. The second kappa shape index (κ2) is 45.8. The number of unbranched alkanes of at least 4 members (excludes halogenated alkanes) is 1. The van der Waals surface area contributed by atoms with Gasteiger partial charge in [-0.1, -0.05) is 43.9 Å². The number of sulfone groups is 1. The van der Waals surface area contributed by atoms with Crippen LogP contribution in [0.5, 0.6) is 5.75 Å². The number of amides is 7. The number of urea groups is 1. The van der Waals surface area contributed by atoms with E-state index in [9.17, 15) is 52.1 Å². The summed E-state index contributed by atoms with van der Waals surface area (Å²) in [5.41, 5.74) is 6.14. The van der Waals surface area contributed by atoms with Gasteiger partial charge in [-0.05, 0) is 61.9 Å². The summed E-state index contributed by atoms with van der Waals surface area (Å²) in [7, 11) is -3.61. The fourth-order valence-electron chi connectivity index (χ4n) is 7.42. The molecule has 0 unspecified atom stereocenters. The van der Waals surface area contributed by atoms with Gasteiger partial charge in [0.15, 0.2) is 0 Å². The minimum absolute atomic E-state index is 0.0162. The molecule has 0 saturated carbocycles. The van der Waals surface area contributed by atoms with Crippen LogP contribution in [0.2, 0.25) is 0 Å². The number of hydrogen-bond acceptors (Lipinski definition) is 23. The minimum atomic E-state index is -3.61. The van der Waals surface area contributed by atoms with Crippen molar-refractivity contribution in [2.75, 3.05) is 124 Å². The van der Waals surface area contributed by atoms with Crippen molar-refractivity contribution in [3.63, 3.8) is 0 Å². The van der Waals surface area contributed by atoms with E-state index in [1.54, 1.807) is 38.3 Å². The van der Waals surface area contributed by atoms with Gasteiger partial charge in [0, 0.05) is 62.4 Å². The molecule has 502 valence electrons. The minimum Gasteiger partial charge on any atom is -0.499 e. The maximum absolute atomic E-state index is 14.1. The Morgan fingerprint density at radius 3 is 1.76 bits per heavy atom. The second-order valence-corrected chi connectivity index (χ2v) is 21.7. The Morgan fingerprint density at radius 2 is 1.23 bits per heavy atom. The summed E-state index contributed by atoms with van der Waals surface area (Å²) in [6.45, 7) is 10.5. The third-order valence-corrected chi connectivity index (χ3v) is 12.9. The van der Waals surface area contributed by atoms with Gasteiger partial charge in [-0.2, -0.15) is 0 Å². The normalized spacial score (nSPS) is 12.1. The summed E-state index contributed by atoms with van der Waals surface area (Å²) in [5.74, 6) is 1.44. The van der Waals surface area contributed by atoms with Gasteiger partial charge in [0.2, 0.25) is 44.5 Å². The Morgan fingerprint density at radius 1 is 0.670 bits per heavy atom. The Hall–Kier alpha value is -8.42. The maximum atomic E-state index is 14.1. The molecule has 0 saturated heterocycles. The van der Waals surface area contributed by atoms with Crippen LogP contribution in [0.3, 0.4) is 0 Å². The van der Waals surface area contributed by atoms with Gasteiger partial charge in [0.1, 0.15) is 37.1 Å². The van der Waals surface area contributed by atoms with E-state index in [-0.39, 0.29) is 93.9 Å². The van der Waals surface area contributed by atoms with Crippen molar-refractivity contribution in [3.8, 4) is 17.6 Å². The number of allylic oxidation sites excluding steroid dienone is 1. The quantitative estimate of drug-likeness (QED) is 0.00624. The van der Waals surface area contributed by atoms with E-state index >= 15 is 0 Å². The predicted octanol–water partition coefficient (Wildman–Crippen LogP) is 2.40. The summed E-state index contributed by atoms with van der Waals surface area (Å²) >= 11 is 0. The van der Waals surface area contributed by atoms with E-state index in [1.165, 1.54) is 36.7 Å². The number of nitro groups is 1. The number of nitrogens with two attached hydrogens (primary N) is 1. The van der Waals surface area contributed by atoms with Gasteiger partial charge in [-0.25, -0.2) is 28.0 Å². The van der Waals surface area contributed by atoms with Crippen molar-refractivity contribution in [1.82, 2.24) is 36.6 Å². The first-order valence-electron chi connectivity index (χ1n) is 29.2. The molecule has 8 N–H and O–H groups in total. The number of primary amides is 1. The van der Waals surface area contributed by atoms with Crippen LogP contribution in [-0.2, 0) is 83.0 Å². The van der Waals surface area contributed by atoms with Crippen LogP contribution in [-0.4, -0.2) is 202 Å². The zero-order valence-electron chi connectivity index (χ0n) is 51.6. The molecule has 0 aliphatic heterocycles. The highest BCUT2D eigenvalue weighted by Gasteiger charge is 2.32. The molecule has 7 amide bonds. The Bertz CT molecular complexity index is 2890. The number of nitrogens with one attached hydrogen (secondary N) is 6. The molecular formula is C59H84N10O21S. The molecule has 2 aromatic carbocycles. The fourth-order valence-corrected chi connectivity index (χ4v) is 7.91. The first-order chi connectivity index (χ1) is 43.7. The van der Waals surface area contributed by atoms with E-state index in [4.69, 9.17) is 53.1 Å². The second-order valence-electron chi connectivity index (χ2n) is 19.8. The average molecular weight is 1300 g/mol. The summed E-state index contributed by atoms with van der Waals surface area (Å²) in [6, 6.07) is 6.05. The van der Waals surface area contributed by atoms with E-state index in [2.05, 4.69) is 53.7 Å². The number of carbonyl (C=O) groups excluding carboxylic acids is 7. The maximum Gasteiger partial charge on any atom is 0.514 e. The molecule has 91 heavy (non-hydrogen) atoms. The lowest BCUT2D eigenvalue weighted by Crippen LogP contribution is -2.58. The highest BCUT2D eigenvalue weighted by atomic mass is 32.2. The Kier molecular flexibility index (Phi) is 38.6. The third kappa shape index (κ3) is 36.1. The van der Waals surface area contributed by atoms with Crippen molar-refractivity contribution >= 4 is 62.9 Å². The lowest BCUT2D eigenvalue weighted by Gasteiger charge is -2.27. The number of ether oxygens (including phenoxy) is 10. The molecule has 0 radical (unpaired) electrons. The van der Waals surface area contributed by atoms with Crippen LogP contribution in [0.4, 0.5) is 21.0 Å². The summed E-state index contributed by atoms with van der Waals surface area (Å²) in [4.78, 5) is 110. The third-order valence-electron chi connectivity index (χ3n) is 12.0. The molecule has 3 atom stereocenters. The lowest BCUT2D eigenvalue weighted by atomic mass is 10.0. The molecule has 31 nitrogen and oxygen atoms in total. The molecule has 0 aliphatic carbocycles. The lowest BCUT2D eigenvalue weighted by molar-refractivity contribution is -0.384. The summed E-state index contributed by atoms with van der Waals surface area (Å²) in [6.07, 6.45) is 5.71. The van der Waals surface area contributed by atoms with Crippen LogP contribution in [0.1, 0.15) is 70.4 Å². The van der Waals surface area contributed by atoms with Crippen LogP contribution < -0.4 is 42.4 Å². The van der Waals surface area contributed by atoms with E-state index in [1.807, 2.05) is 6.92 Å². The number of nitrogens with zero attached hydrogens (tertiary/aromatic N) is 3. The zero-order chi connectivity index (χ0) is 66.5. The number of benzene rings is 2. The van der Waals surface area contributed by atoms with Gasteiger partial charge < -0.3 is 85.0 Å². The summed E-state index contributed by atoms with van der Waals surface area (Å²) < 4.78 is 77.2. The number of carbonyl (C=O) groups is 7. The fraction of sp³-hybridized carbons (Fsp3) is 0.542. The number of aromatic nitrogens is 2. The molecule has 0 fully saturated rings. The number of rotatable bonds is 47. The number of hydrogen-bond donors (Lipinski definition) is 7. The van der Waals surface area contributed by atoms with Gasteiger partial charge in [-0.15, -0.1) is 0 Å². The van der Waals surface area contributed by atoms with Crippen molar-refractivity contribution in [3.05, 3.63) is 94.5 Å². The van der Waals surface area contributed by atoms with Crippen LogP contribution in [0.25, 0.3) is 0 Å². The summed E-state index contributed by atoms with van der Waals surface area (Å²) in [5, 5.41) is 26.2. The average Bonchev–Trinajstić information content (AvgIpc) is 2.36. The molecule has 1 heterocycles. The Balaban J connectivity index is 1.51. The van der Waals surface area contributed by atoms with Crippen molar-refractivity contribution in [2.45, 2.75) is 89.2 Å². The van der Waals surface area contributed by atoms with Crippen molar-refractivity contribution < 1.29 is 94.3 Å². The van der Waals surface area contributed by atoms with Crippen LogP contribution >= 0.6 is 0 Å². The highest BCUT2D eigenvalue weighted by Crippen LogP contribution is 2.19. The SMILES string of the molecule is C/C=C/OCCOCCOCCOCCOCCOCCOCCOCCNC(=O)C[C@H](NC(=O)CCCC#Cc1cnc(S(C)(=O)=O)nc1)C(=O)N[C@H](C(=O)N[C@@H](CCCNC(N)=O)C(=O)Nc1ccc(COC(=O)Oc2ccc([N+](=O)[O-])cc2)cc1)C(C)C. The standard InChI is InChI=1S/C59H84N10O21S/c1-5-23-81-25-27-83-29-31-85-33-35-87-37-38-88-36-34-86-32-30-84-28-26-82-24-22-61-52(71)39-50(66-51(70)12-8-6-7-10-45-40-63-58(64-41-45)91(4,79)80)55(73)68-53(43(2)3)56(74)67-49(11-9-21-62-57(60)75)54(72)65-46-15-13-44(14-16-46)42-89-59(76)90-48-19-17-47(18-20-48)69(77)78/h5,13-20,23,40-41,43,49-50,53H,6,8-9,11-12,21-22,24-39,42H2,1-4H3,(H,61,71)(H,65,72)(H,66,70)(H,67,74)(H,68,73)(H3,60,62,75)/b23-5+/t49-,50-,53-/m0/s1. The van der Waals surface area contributed by atoms with E-state index < -0.39 is 86.9 Å². The number of non-ortho nitro benzene ring substituents is 1. The first-order valence-corrected chi connectivity index (χ1v) is 31.1. The van der Waals surface area contributed by atoms with E-state index in [0.29, 0.717) is 90.4 Å². The molecule has 32 heteroatoms. The molecule has 0 spiro atoms. The Labute approximate surface area is 528 Å². The molecule has 1 aromatic heterocycles. The number of nitro benzene ring substituents is 1. The van der Waals surface area contributed by atoms with Crippen LogP contribution in [0.15, 0.2) is 78.4 Å². The highest BCUT2D eigenvalue weighted by molar-refractivity contribution is 7.90. The van der Waals surface area contributed by atoms with Crippen LogP contribution in [0, 0.1) is 27.9 Å². The monoisotopic (exact) mass is 1300 g/mol. The molecule has 3 rings (SSSR count). The van der Waals surface area contributed by atoms with Crippen molar-refractivity contribution in [1.29, 1.82) is 0 Å². The molecule has 0 aliphatic rings. The molecule has 0 bridgehead atoms. The largest absolute Gasteiger partial charge is 0.514 e. The molecular weight excluding hydrogens is 1220 g/mol. The number of anilines is 1. The predicted molar refractivity (Wildman–Crippen MR) is 326 cm³/mol. The smallest absolute Gasteiger partial charge is 0.499 e. The van der Waals surface area contributed by atoms with E-state index in [0.717, 1.165) is 18.4 Å². The van der Waals surface area contributed by atoms with Crippen molar-refractivity contribution in [2.24, 2.45) is 11.7 Å². The van der Waals surface area contributed by atoms with Gasteiger partial charge in [0.05, 0.1) is 116 Å². The first kappa shape index (κ1) is 76.8. The topological polar surface area (TPSA) is 413 Å². The van der Waals surface area contributed by atoms with Gasteiger partial charge in [0.25, 0.3) is 5.69 Å².